The Labute approximate surface area is 81.0 Å². The van der Waals surface area contributed by atoms with Gasteiger partial charge in [0.25, 0.3) is 0 Å². The molecule has 0 aliphatic rings. The SMILES string of the molecule is COC(=O)/C=C(/C)[C@@H](C)CC(C)C. The van der Waals surface area contributed by atoms with E-state index in [1.807, 2.05) is 6.92 Å². The van der Waals surface area contributed by atoms with Gasteiger partial charge in [0.1, 0.15) is 0 Å². The molecule has 1 atom stereocenters. The lowest BCUT2D eigenvalue weighted by molar-refractivity contribution is -0.134. The first-order valence-electron chi connectivity index (χ1n) is 4.73. The zero-order chi connectivity index (χ0) is 10.4. The van der Waals surface area contributed by atoms with Crippen molar-refractivity contribution in [3.05, 3.63) is 11.6 Å². The highest BCUT2D eigenvalue weighted by Gasteiger charge is 2.08. The fourth-order valence-electron chi connectivity index (χ4n) is 1.28. The van der Waals surface area contributed by atoms with Crippen LogP contribution in [0.3, 0.4) is 0 Å². The van der Waals surface area contributed by atoms with Crippen LogP contribution in [0, 0.1) is 11.8 Å². The summed E-state index contributed by atoms with van der Waals surface area (Å²) < 4.78 is 4.56. The highest BCUT2D eigenvalue weighted by molar-refractivity contribution is 5.82. The van der Waals surface area contributed by atoms with Crippen LogP contribution in [0.4, 0.5) is 0 Å². The summed E-state index contributed by atoms with van der Waals surface area (Å²) in [5.41, 5.74) is 1.10. The topological polar surface area (TPSA) is 26.3 Å². The number of methoxy groups -OCH3 is 1. The largest absolute Gasteiger partial charge is 0.466 e. The van der Waals surface area contributed by atoms with E-state index in [-0.39, 0.29) is 5.97 Å². The fourth-order valence-corrected chi connectivity index (χ4v) is 1.28. The molecule has 0 amide bonds. The Hall–Kier alpha value is -0.790. The van der Waals surface area contributed by atoms with Gasteiger partial charge < -0.3 is 4.74 Å². The maximum absolute atomic E-state index is 10.9. The van der Waals surface area contributed by atoms with Crippen LogP contribution in [0.15, 0.2) is 11.6 Å². The Morgan fingerprint density at radius 1 is 1.38 bits per heavy atom. The van der Waals surface area contributed by atoms with Crippen LogP contribution >= 0.6 is 0 Å². The summed E-state index contributed by atoms with van der Waals surface area (Å²) in [5, 5.41) is 0. The van der Waals surface area contributed by atoms with Crippen LogP contribution in [-0.2, 0) is 9.53 Å². The predicted molar refractivity (Wildman–Crippen MR) is 54.4 cm³/mol. The van der Waals surface area contributed by atoms with E-state index in [2.05, 4.69) is 25.5 Å². The number of carbonyl (C=O) groups excluding carboxylic acids is 1. The van der Waals surface area contributed by atoms with Crippen LogP contribution in [0.5, 0.6) is 0 Å². The van der Waals surface area contributed by atoms with Crippen molar-refractivity contribution in [2.45, 2.75) is 34.1 Å². The van der Waals surface area contributed by atoms with Gasteiger partial charge in [0.05, 0.1) is 7.11 Å². The summed E-state index contributed by atoms with van der Waals surface area (Å²) in [4.78, 5) is 10.9. The summed E-state index contributed by atoms with van der Waals surface area (Å²) in [6.07, 6.45) is 2.69. The average Bonchev–Trinajstić information content (AvgIpc) is 2.02. The minimum atomic E-state index is -0.256. The van der Waals surface area contributed by atoms with Crippen molar-refractivity contribution in [1.29, 1.82) is 0 Å². The molecule has 76 valence electrons. The van der Waals surface area contributed by atoms with Gasteiger partial charge in [0.15, 0.2) is 0 Å². The molecule has 0 spiro atoms. The first kappa shape index (κ1) is 12.2. The van der Waals surface area contributed by atoms with E-state index in [0.717, 1.165) is 12.0 Å². The van der Waals surface area contributed by atoms with E-state index in [1.54, 1.807) is 6.08 Å². The van der Waals surface area contributed by atoms with Crippen molar-refractivity contribution in [3.8, 4) is 0 Å². The van der Waals surface area contributed by atoms with Crippen molar-refractivity contribution >= 4 is 5.97 Å². The van der Waals surface area contributed by atoms with Crippen LogP contribution < -0.4 is 0 Å². The first-order valence-corrected chi connectivity index (χ1v) is 4.73. The average molecular weight is 184 g/mol. The molecule has 0 aromatic heterocycles. The molecule has 0 aliphatic carbocycles. The zero-order valence-corrected chi connectivity index (χ0v) is 9.26. The van der Waals surface area contributed by atoms with E-state index >= 15 is 0 Å². The van der Waals surface area contributed by atoms with Crippen LogP contribution in [0.2, 0.25) is 0 Å². The minimum Gasteiger partial charge on any atom is -0.466 e. The van der Waals surface area contributed by atoms with Gasteiger partial charge >= 0.3 is 5.97 Å². The molecule has 2 nitrogen and oxygen atoms in total. The van der Waals surface area contributed by atoms with Gasteiger partial charge in [0, 0.05) is 6.08 Å². The number of ether oxygens (including phenoxy) is 1. The molecule has 0 aromatic rings. The number of allylic oxidation sites excluding steroid dienone is 1. The van der Waals surface area contributed by atoms with Gasteiger partial charge in [0.2, 0.25) is 0 Å². The van der Waals surface area contributed by atoms with E-state index < -0.39 is 0 Å². The molecule has 13 heavy (non-hydrogen) atoms. The molecule has 0 aliphatic heterocycles. The van der Waals surface area contributed by atoms with Gasteiger partial charge in [-0.1, -0.05) is 26.3 Å². The van der Waals surface area contributed by atoms with Crippen LogP contribution in [-0.4, -0.2) is 13.1 Å². The highest BCUT2D eigenvalue weighted by Crippen LogP contribution is 2.18. The van der Waals surface area contributed by atoms with Crippen molar-refractivity contribution < 1.29 is 9.53 Å². The molecule has 0 heterocycles. The number of hydrogen-bond donors (Lipinski definition) is 0. The van der Waals surface area contributed by atoms with Crippen molar-refractivity contribution in [1.82, 2.24) is 0 Å². The summed E-state index contributed by atoms with van der Waals surface area (Å²) >= 11 is 0. The van der Waals surface area contributed by atoms with Crippen molar-refractivity contribution in [2.75, 3.05) is 7.11 Å². The van der Waals surface area contributed by atoms with Crippen LogP contribution in [0.25, 0.3) is 0 Å². The summed E-state index contributed by atoms with van der Waals surface area (Å²) in [6, 6.07) is 0. The lowest BCUT2D eigenvalue weighted by Crippen LogP contribution is -2.04. The van der Waals surface area contributed by atoms with E-state index in [9.17, 15) is 4.79 Å². The van der Waals surface area contributed by atoms with E-state index in [0.29, 0.717) is 11.8 Å². The van der Waals surface area contributed by atoms with Crippen LogP contribution in [0.1, 0.15) is 34.1 Å². The normalized spacial score (nSPS) is 14.5. The molecular weight excluding hydrogens is 164 g/mol. The van der Waals surface area contributed by atoms with Gasteiger partial charge in [-0.15, -0.1) is 0 Å². The Kier molecular flexibility index (Phi) is 5.44. The molecule has 0 rings (SSSR count). The second-order valence-electron chi connectivity index (χ2n) is 3.94. The molecule has 0 aromatic carbocycles. The molecule has 0 saturated carbocycles. The monoisotopic (exact) mass is 184 g/mol. The third-order valence-corrected chi connectivity index (χ3v) is 2.15. The lowest BCUT2D eigenvalue weighted by Gasteiger charge is -2.14. The third kappa shape index (κ3) is 5.45. The Balaban J connectivity index is 4.15. The number of hydrogen-bond acceptors (Lipinski definition) is 2. The Morgan fingerprint density at radius 2 is 1.92 bits per heavy atom. The molecule has 0 saturated heterocycles. The van der Waals surface area contributed by atoms with Gasteiger partial charge in [-0.05, 0) is 25.2 Å². The smallest absolute Gasteiger partial charge is 0.330 e. The first-order chi connectivity index (χ1) is 5.97. The fraction of sp³-hybridized carbons (Fsp3) is 0.727. The minimum absolute atomic E-state index is 0.256. The van der Waals surface area contributed by atoms with E-state index in [1.165, 1.54) is 7.11 Å². The Bertz CT molecular complexity index is 192. The van der Waals surface area contributed by atoms with Crippen molar-refractivity contribution in [3.63, 3.8) is 0 Å². The molecular formula is C11H20O2. The quantitative estimate of drug-likeness (QED) is 0.496. The number of rotatable bonds is 4. The van der Waals surface area contributed by atoms with E-state index in [4.69, 9.17) is 0 Å². The highest BCUT2D eigenvalue weighted by atomic mass is 16.5. The maximum atomic E-state index is 10.9. The number of esters is 1. The number of carbonyl (C=O) groups is 1. The van der Waals surface area contributed by atoms with Crippen molar-refractivity contribution in [2.24, 2.45) is 11.8 Å². The second kappa shape index (κ2) is 5.79. The molecule has 0 unspecified atom stereocenters. The standard InChI is InChI=1S/C11H20O2/c1-8(2)6-9(3)10(4)7-11(12)13-5/h7-9H,6H2,1-5H3/b10-7-/t9-/m0/s1. The molecule has 0 bridgehead atoms. The molecule has 2 heteroatoms. The summed E-state index contributed by atoms with van der Waals surface area (Å²) in [7, 11) is 1.40. The zero-order valence-electron chi connectivity index (χ0n) is 9.26. The molecule has 0 fully saturated rings. The summed E-state index contributed by atoms with van der Waals surface area (Å²) in [6.45, 7) is 8.47. The molecule has 0 N–H and O–H groups in total. The third-order valence-electron chi connectivity index (χ3n) is 2.15. The van der Waals surface area contributed by atoms with Gasteiger partial charge in [-0.2, -0.15) is 0 Å². The molecule has 0 radical (unpaired) electrons. The van der Waals surface area contributed by atoms with Gasteiger partial charge in [-0.3, -0.25) is 0 Å². The lowest BCUT2D eigenvalue weighted by atomic mass is 9.92. The van der Waals surface area contributed by atoms with Gasteiger partial charge in [-0.25, -0.2) is 4.79 Å². The summed E-state index contributed by atoms with van der Waals surface area (Å²) in [5.74, 6) is 0.864. The predicted octanol–water partition coefficient (Wildman–Crippen LogP) is 2.79. The second-order valence-corrected chi connectivity index (χ2v) is 3.94. The Morgan fingerprint density at radius 3 is 2.31 bits per heavy atom. The maximum Gasteiger partial charge on any atom is 0.330 e.